The Labute approximate surface area is 168 Å². The van der Waals surface area contributed by atoms with Gasteiger partial charge in [-0.3, -0.25) is 9.36 Å². The largest absolute Gasteiger partial charge is 0.486 e. The molecule has 0 radical (unpaired) electrons. The molecule has 1 N–H and O–H groups in total. The van der Waals surface area contributed by atoms with Crippen molar-refractivity contribution in [3.63, 3.8) is 0 Å². The third-order valence-electron chi connectivity index (χ3n) is 3.88. The molecule has 3 rings (SSSR count). The minimum absolute atomic E-state index is 0.0955. The Morgan fingerprint density at radius 3 is 2.64 bits per heavy atom. The van der Waals surface area contributed by atoms with E-state index in [1.54, 1.807) is 6.08 Å². The molecular formula is C21H22N4O2S. The monoisotopic (exact) mass is 394 g/mol. The molecule has 1 aromatic heterocycles. The summed E-state index contributed by atoms with van der Waals surface area (Å²) in [6.45, 7) is 6.66. The summed E-state index contributed by atoms with van der Waals surface area (Å²) in [5, 5.41) is 11.9. The number of rotatable bonds is 9. The number of para-hydroxylation sites is 1. The van der Waals surface area contributed by atoms with Crippen molar-refractivity contribution in [3.05, 3.63) is 78.6 Å². The minimum atomic E-state index is -0.0955. The van der Waals surface area contributed by atoms with Crippen molar-refractivity contribution >= 4 is 23.4 Å². The number of nitrogens with one attached hydrogen (secondary N) is 1. The molecule has 0 saturated heterocycles. The Hall–Kier alpha value is -3.06. The Kier molecular flexibility index (Phi) is 6.86. The lowest BCUT2D eigenvalue weighted by Gasteiger charge is -2.09. The van der Waals surface area contributed by atoms with Gasteiger partial charge in [-0.05, 0) is 31.2 Å². The maximum Gasteiger partial charge on any atom is 0.234 e. The molecule has 0 bridgehead atoms. The normalized spacial score (nSPS) is 10.5. The zero-order valence-corrected chi connectivity index (χ0v) is 16.5. The van der Waals surface area contributed by atoms with Crippen LogP contribution in [-0.2, 0) is 17.9 Å². The van der Waals surface area contributed by atoms with Crippen molar-refractivity contribution in [1.29, 1.82) is 0 Å². The van der Waals surface area contributed by atoms with Gasteiger partial charge in [-0.2, -0.15) is 0 Å². The second-order valence-corrected chi connectivity index (χ2v) is 7.05. The number of thioether (sulfide) groups is 1. The van der Waals surface area contributed by atoms with E-state index >= 15 is 0 Å². The molecule has 0 atom stereocenters. The molecule has 0 saturated carbocycles. The number of hydrogen-bond acceptors (Lipinski definition) is 5. The number of nitrogens with zero attached hydrogens (tertiary/aromatic N) is 3. The van der Waals surface area contributed by atoms with Gasteiger partial charge >= 0.3 is 0 Å². The van der Waals surface area contributed by atoms with Gasteiger partial charge in [0, 0.05) is 12.2 Å². The summed E-state index contributed by atoms with van der Waals surface area (Å²) in [5.74, 6) is 1.60. The number of amides is 1. The van der Waals surface area contributed by atoms with Crippen LogP contribution >= 0.6 is 11.8 Å². The molecule has 1 amide bonds. The number of allylic oxidation sites excluding steroid dienone is 1. The zero-order valence-electron chi connectivity index (χ0n) is 15.7. The van der Waals surface area contributed by atoms with E-state index in [0.29, 0.717) is 24.1 Å². The molecule has 2 aromatic carbocycles. The molecule has 144 valence electrons. The number of aromatic nitrogens is 3. The maximum atomic E-state index is 12.2. The van der Waals surface area contributed by atoms with E-state index in [0.717, 1.165) is 11.4 Å². The SMILES string of the molecule is C=CCn1c(COc2ccc(C)cc2)nnc1SCC(=O)Nc1ccccc1. The second kappa shape index (κ2) is 9.75. The predicted molar refractivity (Wildman–Crippen MR) is 112 cm³/mol. The minimum Gasteiger partial charge on any atom is -0.486 e. The molecule has 1 heterocycles. The van der Waals surface area contributed by atoms with Crippen LogP contribution in [0.5, 0.6) is 5.75 Å². The highest BCUT2D eigenvalue weighted by Gasteiger charge is 2.14. The van der Waals surface area contributed by atoms with Crippen molar-refractivity contribution in [2.24, 2.45) is 0 Å². The van der Waals surface area contributed by atoms with Crippen LogP contribution in [-0.4, -0.2) is 26.4 Å². The highest BCUT2D eigenvalue weighted by Crippen LogP contribution is 2.19. The molecule has 28 heavy (non-hydrogen) atoms. The topological polar surface area (TPSA) is 69.0 Å². The number of carbonyl (C=O) groups excluding carboxylic acids is 1. The van der Waals surface area contributed by atoms with Gasteiger partial charge in [0.2, 0.25) is 5.91 Å². The lowest BCUT2D eigenvalue weighted by Crippen LogP contribution is -2.14. The first-order valence-corrected chi connectivity index (χ1v) is 9.84. The summed E-state index contributed by atoms with van der Waals surface area (Å²) < 4.78 is 7.71. The summed E-state index contributed by atoms with van der Waals surface area (Å²) in [6, 6.07) is 17.2. The second-order valence-electron chi connectivity index (χ2n) is 6.10. The fraction of sp³-hybridized carbons (Fsp3) is 0.190. The van der Waals surface area contributed by atoms with Crippen LogP contribution in [0.25, 0.3) is 0 Å². The number of carbonyl (C=O) groups is 1. The number of benzene rings is 2. The molecule has 0 fully saturated rings. The Morgan fingerprint density at radius 2 is 1.93 bits per heavy atom. The first-order chi connectivity index (χ1) is 13.7. The van der Waals surface area contributed by atoms with E-state index < -0.39 is 0 Å². The Bertz CT molecular complexity index is 923. The van der Waals surface area contributed by atoms with Crippen LogP contribution in [0.2, 0.25) is 0 Å². The average molecular weight is 395 g/mol. The summed E-state index contributed by atoms with van der Waals surface area (Å²) in [6.07, 6.45) is 1.77. The van der Waals surface area contributed by atoms with Gasteiger partial charge in [0.25, 0.3) is 0 Å². The number of ether oxygens (including phenoxy) is 1. The summed E-state index contributed by atoms with van der Waals surface area (Å²) in [7, 11) is 0. The highest BCUT2D eigenvalue weighted by molar-refractivity contribution is 7.99. The lowest BCUT2D eigenvalue weighted by atomic mass is 10.2. The van der Waals surface area contributed by atoms with Gasteiger partial charge in [-0.25, -0.2) is 0 Å². The van der Waals surface area contributed by atoms with Gasteiger partial charge in [0.1, 0.15) is 12.4 Å². The molecule has 3 aromatic rings. The van der Waals surface area contributed by atoms with Crippen LogP contribution in [0.1, 0.15) is 11.4 Å². The van der Waals surface area contributed by atoms with Gasteiger partial charge in [0.05, 0.1) is 5.75 Å². The smallest absolute Gasteiger partial charge is 0.234 e. The molecule has 6 nitrogen and oxygen atoms in total. The van der Waals surface area contributed by atoms with Crippen LogP contribution in [0.4, 0.5) is 5.69 Å². The average Bonchev–Trinajstić information content (AvgIpc) is 3.09. The quantitative estimate of drug-likeness (QED) is 0.437. The van der Waals surface area contributed by atoms with Crippen molar-refractivity contribution in [3.8, 4) is 5.75 Å². The van der Waals surface area contributed by atoms with Crippen molar-refractivity contribution in [2.75, 3.05) is 11.1 Å². The van der Waals surface area contributed by atoms with E-state index in [9.17, 15) is 4.79 Å². The first kappa shape index (κ1) is 19.7. The lowest BCUT2D eigenvalue weighted by molar-refractivity contribution is -0.113. The van der Waals surface area contributed by atoms with Crippen LogP contribution < -0.4 is 10.1 Å². The zero-order chi connectivity index (χ0) is 19.8. The maximum absolute atomic E-state index is 12.2. The fourth-order valence-electron chi connectivity index (χ4n) is 2.48. The third-order valence-corrected chi connectivity index (χ3v) is 4.85. The fourth-order valence-corrected chi connectivity index (χ4v) is 3.24. The third kappa shape index (κ3) is 5.47. The molecule has 0 spiro atoms. The van der Waals surface area contributed by atoms with Gasteiger partial charge in [0.15, 0.2) is 11.0 Å². The van der Waals surface area contributed by atoms with Crippen LogP contribution in [0.3, 0.4) is 0 Å². The molecule has 7 heteroatoms. The summed E-state index contributed by atoms with van der Waals surface area (Å²) >= 11 is 1.33. The Balaban J connectivity index is 1.60. The number of anilines is 1. The van der Waals surface area contributed by atoms with Crippen LogP contribution in [0, 0.1) is 6.92 Å². The number of aryl methyl sites for hydroxylation is 1. The molecule has 0 unspecified atom stereocenters. The number of hydrogen-bond donors (Lipinski definition) is 1. The van der Waals surface area contributed by atoms with E-state index in [4.69, 9.17) is 4.74 Å². The van der Waals surface area contributed by atoms with Gasteiger partial charge in [-0.15, -0.1) is 16.8 Å². The molecule has 0 aliphatic rings. The summed E-state index contributed by atoms with van der Waals surface area (Å²) in [5.41, 5.74) is 1.95. The van der Waals surface area contributed by atoms with E-state index in [-0.39, 0.29) is 11.7 Å². The standard InChI is InChI=1S/C21H22N4O2S/c1-3-13-25-19(14-27-18-11-9-16(2)10-12-18)23-24-21(25)28-15-20(26)22-17-7-5-4-6-8-17/h3-12H,1,13-15H2,2H3,(H,22,26). The van der Waals surface area contributed by atoms with Crippen molar-refractivity contribution in [1.82, 2.24) is 14.8 Å². The van der Waals surface area contributed by atoms with Gasteiger partial charge < -0.3 is 10.1 Å². The first-order valence-electron chi connectivity index (χ1n) is 8.86. The van der Waals surface area contributed by atoms with Crippen LogP contribution in [0.15, 0.2) is 72.4 Å². The Morgan fingerprint density at radius 1 is 1.18 bits per heavy atom. The van der Waals surface area contributed by atoms with Crippen molar-refractivity contribution in [2.45, 2.75) is 25.2 Å². The van der Waals surface area contributed by atoms with E-state index in [2.05, 4.69) is 22.1 Å². The van der Waals surface area contributed by atoms with Gasteiger partial charge in [-0.1, -0.05) is 53.7 Å². The van der Waals surface area contributed by atoms with Crippen molar-refractivity contribution < 1.29 is 9.53 Å². The molecule has 0 aliphatic heterocycles. The molecule has 0 aliphatic carbocycles. The predicted octanol–water partition coefficient (Wildman–Crippen LogP) is 4.08. The highest BCUT2D eigenvalue weighted by atomic mass is 32.2. The van der Waals surface area contributed by atoms with E-state index in [1.165, 1.54) is 17.3 Å². The molecular weight excluding hydrogens is 372 g/mol. The summed E-state index contributed by atoms with van der Waals surface area (Å²) in [4.78, 5) is 12.2. The van der Waals surface area contributed by atoms with E-state index in [1.807, 2.05) is 66.1 Å².